The van der Waals surface area contributed by atoms with Crippen LogP contribution in [-0.2, 0) is 22.7 Å². The first-order valence-corrected chi connectivity index (χ1v) is 11.6. The average Bonchev–Trinajstić information content (AvgIpc) is 2.98. The fourth-order valence-electron chi connectivity index (χ4n) is 3.72. The smallest absolute Gasteiger partial charge is 0.191 e. The quantitative estimate of drug-likeness (QED) is 0.610. The predicted octanol–water partition coefficient (Wildman–Crippen LogP) is 2.31. The number of sulfone groups is 1. The van der Waals surface area contributed by atoms with Gasteiger partial charge in [-0.05, 0) is 56.1 Å². The van der Waals surface area contributed by atoms with Crippen molar-refractivity contribution in [1.82, 2.24) is 10.6 Å². The van der Waals surface area contributed by atoms with Crippen molar-refractivity contribution in [3.05, 3.63) is 35.4 Å². The molecule has 6 heteroatoms. The molecule has 1 aliphatic carbocycles. The third-order valence-corrected chi connectivity index (χ3v) is 7.35. The molecule has 0 saturated carbocycles. The molecule has 26 heavy (non-hydrogen) atoms. The van der Waals surface area contributed by atoms with Gasteiger partial charge in [-0.1, -0.05) is 31.2 Å². The first-order chi connectivity index (χ1) is 12.4. The Morgan fingerprint density at radius 3 is 2.73 bits per heavy atom. The van der Waals surface area contributed by atoms with Gasteiger partial charge >= 0.3 is 0 Å². The number of guanidine groups is 1. The van der Waals surface area contributed by atoms with E-state index < -0.39 is 9.84 Å². The normalized spacial score (nSPS) is 26.2. The van der Waals surface area contributed by atoms with Gasteiger partial charge in [0.2, 0.25) is 0 Å². The van der Waals surface area contributed by atoms with E-state index in [1.807, 2.05) is 0 Å². The van der Waals surface area contributed by atoms with Gasteiger partial charge in [-0.15, -0.1) is 0 Å². The fourth-order valence-corrected chi connectivity index (χ4v) is 5.57. The first kappa shape index (κ1) is 19.2. The van der Waals surface area contributed by atoms with Crippen LogP contribution in [0.1, 0.15) is 44.2 Å². The Morgan fingerprint density at radius 1 is 1.27 bits per heavy atom. The Hall–Kier alpha value is -1.56. The summed E-state index contributed by atoms with van der Waals surface area (Å²) in [6.07, 6.45) is 4.95. The number of benzene rings is 1. The molecular formula is C20H31N3O2S. The van der Waals surface area contributed by atoms with Crippen molar-refractivity contribution in [1.29, 1.82) is 0 Å². The monoisotopic (exact) mass is 377 g/mol. The maximum atomic E-state index is 11.7. The molecule has 2 N–H and O–H groups in total. The molecule has 0 spiro atoms. The number of rotatable bonds is 5. The molecule has 2 aliphatic rings. The van der Waals surface area contributed by atoms with Gasteiger partial charge in [0, 0.05) is 18.6 Å². The molecule has 5 nitrogen and oxygen atoms in total. The number of nitrogens with one attached hydrogen (secondary N) is 2. The van der Waals surface area contributed by atoms with Crippen LogP contribution < -0.4 is 10.6 Å². The zero-order chi connectivity index (χ0) is 18.6. The minimum Gasteiger partial charge on any atom is -0.354 e. The molecule has 1 fully saturated rings. The van der Waals surface area contributed by atoms with E-state index in [4.69, 9.17) is 4.99 Å². The molecule has 3 unspecified atom stereocenters. The van der Waals surface area contributed by atoms with Crippen molar-refractivity contribution in [2.75, 3.05) is 18.1 Å². The summed E-state index contributed by atoms with van der Waals surface area (Å²) in [5.74, 6) is 1.58. The van der Waals surface area contributed by atoms with E-state index in [1.165, 1.54) is 11.1 Å². The summed E-state index contributed by atoms with van der Waals surface area (Å²) in [6.45, 7) is 4.87. The van der Waals surface area contributed by atoms with E-state index in [0.717, 1.165) is 38.1 Å². The van der Waals surface area contributed by atoms with Gasteiger partial charge in [0.05, 0.1) is 11.5 Å². The Bertz CT molecular complexity index is 745. The number of nitrogens with zero attached hydrogens (tertiary/aromatic N) is 1. The van der Waals surface area contributed by atoms with E-state index in [2.05, 4.69) is 48.7 Å². The van der Waals surface area contributed by atoms with Crippen LogP contribution in [0.3, 0.4) is 0 Å². The van der Waals surface area contributed by atoms with Gasteiger partial charge in [0.15, 0.2) is 15.8 Å². The first-order valence-electron chi connectivity index (χ1n) is 9.80. The Morgan fingerprint density at radius 2 is 2.04 bits per heavy atom. The topological polar surface area (TPSA) is 70.6 Å². The van der Waals surface area contributed by atoms with Crippen molar-refractivity contribution in [2.24, 2.45) is 10.9 Å². The van der Waals surface area contributed by atoms with Crippen molar-refractivity contribution in [3.63, 3.8) is 0 Å². The van der Waals surface area contributed by atoms with Gasteiger partial charge in [-0.25, -0.2) is 8.42 Å². The Balaban J connectivity index is 1.63. The molecule has 0 amide bonds. The summed E-state index contributed by atoms with van der Waals surface area (Å²) in [4.78, 5) is 4.74. The molecule has 1 aromatic carbocycles. The molecule has 1 aromatic rings. The number of fused-ring (bicyclic) bond motifs is 1. The second-order valence-corrected chi connectivity index (χ2v) is 9.99. The zero-order valence-corrected chi connectivity index (χ0v) is 16.7. The van der Waals surface area contributed by atoms with Crippen molar-refractivity contribution < 1.29 is 8.42 Å². The molecule has 1 aliphatic heterocycles. The highest BCUT2D eigenvalue weighted by Crippen LogP contribution is 2.21. The van der Waals surface area contributed by atoms with Crippen LogP contribution in [0.5, 0.6) is 0 Å². The number of hydrogen-bond donors (Lipinski definition) is 2. The highest BCUT2D eigenvalue weighted by atomic mass is 32.2. The highest BCUT2D eigenvalue weighted by molar-refractivity contribution is 7.91. The SMILES string of the molecule is CCC(C)NC(=NCC1CCS(=O)(=O)C1)NC1CCc2ccccc2C1. The maximum absolute atomic E-state index is 11.7. The second kappa shape index (κ2) is 8.42. The van der Waals surface area contributed by atoms with E-state index >= 15 is 0 Å². The summed E-state index contributed by atoms with van der Waals surface area (Å²) in [5, 5.41) is 7.07. The molecular weight excluding hydrogens is 346 g/mol. The Labute approximate surface area is 157 Å². The summed E-state index contributed by atoms with van der Waals surface area (Å²) < 4.78 is 23.3. The van der Waals surface area contributed by atoms with Gasteiger partial charge in [0.25, 0.3) is 0 Å². The standard InChI is InChI=1S/C20H31N3O2S/c1-3-15(2)22-20(21-13-16-10-11-26(24,25)14-16)23-19-9-8-17-6-4-5-7-18(17)12-19/h4-7,15-16,19H,3,8-14H2,1-2H3,(H2,21,22,23). The van der Waals surface area contributed by atoms with Crippen LogP contribution in [0.15, 0.2) is 29.3 Å². The lowest BCUT2D eigenvalue weighted by Gasteiger charge is -2.28. The number of hydrogen-bond acceptors (Lipinski definition) is 3. The van der Waals surface area contributed by atoms with Crippen LogP contribution in [0.4, 0.5) is 0 Å². The number of aliphatic imine (C=N–C) groups is 1. The van der Waals surface area contributed by atoms with Crippen molar-refractivity contribution in [3.8, 4) is 0 Å². The third kappa shape index (κ3) is 5.22. The lowest BCUT2D eigenvalue weighted by Crippen LogP contribution is -2.48. The third-order valence-electron chi connectivity index (χ3n) is 5.52. The second-order valence-electron chi connectivity index (χ2n) is 7.76. The number of aryl methyl sites for hydroxylation is 1. The van der Waals surface area contributed by atoms with Crippen molar-refractivity contribution in [2.45, 2.75) is 58.0 Å². The summed E-state index contributed by atoms with van der Waals surface area (Å²) in [7, 11) is -2.84. The van der Waals surface area contributed by atoms with Crippen LogP contribution in [0, 0.1) is 5.92 Å². The van der Waals surface area contributed by atoms with E-state index in [0.29, 0.717) is 24.4 Å². The van der Waals surface area contributed by atoms with Gasteiger partial charge in [0.1, 0.15) is 0 Å². The van der Waals surface area contributed by atoms with Crippen LogP contribution in [0.25, 0.3) is 0 Å². The van der Waals surface area contributed by atoms with E-state index in [9.17, 15) is 8.42 Å². The van der Waals surface area contributed by atoms with Crippen LogP contribution in [0.2, 0.25) is 0 Å². The highest BCUT2D eigenvalue weighted by Gasteiger charge is 2.28. The lowest BCUT2D eigenvalue weighted by molar-refractivity contribution is 0.507. The van der Waals surface area contributed by atoms with Gasteiger partial charge in [-0.2, -0.15) is 0 Å². The molecule has 144 valence electrons. The largest absolute Gasteiger partial charge is 0.354 e. The molecule has 1 saturated heterocycles. The lowest BCUT2D eigenvalue weighted by atomic mass is 9.88. The summed E-state index contributed by atoms with van der Waals surface area (Å²) >= 11 is 0. The van der Waals surface area contributed by atoms with Gasteiger partial charge < -0.3 is 10.6 Å². The molecule has 1 heterocycles. The average molecular weight is 378 g/mol. The van der Waals surface area contributed by atoms with E-state index in [-0.39, 0.29) is 11.7 Å². The van der Waals surface area contributed by atoms with E-state index in [1.54, 1.807) is 0 Å². The summed E-state index contributed by atoms with van der Waals surface area (Å²) in [5.41, 5.74) is 2.87. The molecule has 0 radical (unpaired) electrons. The fraction of sp³-hybridized carbons (Fsp3) is 0.650. The molecule has 3 atom stereocenters. The van der Waals surface area contributed by atoms with Crippen LogP contribution >= 0.6 is 0 Å². The molecule has 3 rings (SSSR count). The predicted molar refractivity (Wildman–Crippen MR) is 107 cm³/mol. The molecule has 0 bridgehead atoms. The zero-order valence-electron chi connectivity index (χ0n) is 15.9. The maximum Gasteiger partial charge on any atom is 0.191 e. The minimum atomic E-state index is -2.84. The van der Waals surface area contributed by atoms with Gasteiger partial charge in [-0.3, -0.25) is 4.99 Å². The minimum absolute atomic E-state index is 0.155. The molecule has 0 aromatic heterocycles. The summed E-state index contributed by atoms with van der Waals surface area (Å²) in [6, 6.07) is 9.36. The Kier molecular flexibility index (Phi) is 6.22. The van der Waals surface area contributed by atoms with Crippen molar-refractivity contribution >= 4 is 15.8 Å². The van der Waals surface area contributed by atoms with Crippen LogP contribution in [-0.4, -0.2) is 44.5 Å².